The highest BCUT2D eigenvalue weighted by Gasteiger charge is 2.29. The maximum absolute atomic E-state index is 13.6. The van der Waals surface area contributed by atoms with Gasteiger partial charge in [0.05, 0.1) is 17.9 Å². The van der Waals surface area contributed by atoms with E-state index in [0.717, 1.165) is 18.2 Å². The van der Waals surface area contributed by atoms with Crippen LogP contribution in [-0.4, -0.2) is 31.4 Å². The molecule has 10 heteroatoms. The third-order valence-electron chi connectivity index (χ3n) is 3.88. The maximum atomic E-state index is 13.6. The Morgan fingerprint density at radius 3 is 3.12 bits per heavy atom. The van der Waals surface area contributed by atoms with Gasteiger partial charge in [-0.05, 0) is 12.1 Å². The number of carbonyl (C=O) groups excluding carboxylic acids is 1. The molecule has 1 unspecified atom stereocenters. The zero-order chi connectivity index (χ0) is 17.6. The van der Waals surface area contributed by atoms with Crippen molar-refractivity contribution in [3.63, 3.8) is 0 Å². The van der Waals surface area contributed by atoms with Gasteiger partial charge < -0.3 is 5.32 Å². The second-order valence-electron chi connectivity index (χ2n) is 5.54. The van der Waals surface area contributed by atoms with E-state index in [4.69, 9.17) is 0 Å². The van der Waals surface area contributed by atoms with Crippen LogP contribution in [0.3, 0.4) is 0 Å². The van der Waals surface area contributed by atoms with E-state index in [1.807, 2.05) is 0 Å². The van der Waals surface area contributed by atoms with Gasteiger partial charge in [0.25, 0.3) is 5.56 Å². The second-order valence-corrected chi connectivity index (χ2v) is 6.53. The van der Waals surface area contributed by atoms with Gasteiger partial charge in [-0.2, -0.15) is 5.10 Å². The highest BCUT2D eigenvalue weighted by Crippen LogP contribution is 2.33. The van der Waals surface area contributed by atoms with Gasteiger partial charge >= 0.3 is 0 Å². The number of fused-ring (bicyclic) bond motifs is 2. The molecule has 1 amide bonds. The van der Waals surface area contributed by atoms with E-state index < -0.39 is 23.6 Å². The monoisotopic (exact) mass is 363 g/mol. The maximum Gasteiger partial charge on any atom is 0.265 e. The first-order valence-corrected chi connectivity index (χ1v) is 8.35. The molecule has 3 aromatic rings. The van der Waals surface area contributed by atoms with Gasteiger partial charge in [0.1, 0.15) is 17.0 Å². The van der Waals surface area contributed by atoms with Crippen LogP contribution in [0.5, 0.6) is 0 Å². The van der Waals surface area contributed by atoms with Gasteiger partial charge in [-0.15, -0.1) is 0 Å². The summed E-state index contributed by atoms with van der Waals surface area (Å²) < 4.78 is 28.3. The zero-order valence-electron chi connectivity index (χ0n) is 12.6. The number of carbonyl (C=O) groups is 1. The lowest BCUT2D eigenvalue weighted by molar-refractivity contribution is -0.116. The largest absolute Gasteiger partial charge is 0.323 e. The summed E-state index contributed by atoms with van der Waals surface area (Å²) in [6, 6.07) is 2.40. The molecule has 2 N–H and O–H groups in total. The number of hydrogen-bond acceptors (Lipinski definition) is 5. The van der Waals surface area contributed by atoms with Crippen molar-refractivity contribution in [3.05, 3.63) is 46.4 Å². The molecule has 0 spiro atoms. The minimum Gasteiger partial charge on any atom is -0.323 e. The molecule has 128 valence electrons. The Balaban J connectivity index is 1.58. The third-order valence-corrected chi connectivity index (χ3v) is 4.97. The van der Waals surface area contributed by atoms with Crippen LogP contribution < -0.4 is 10.9 Å². The Hall–Kier alpha value is -2.75. The number of nitrogens with one attached hydrogen (secondary N) is 2. The Labute approximate surface area is 143 Å². The number of anilines is 1. The van der Waals surface area contributed by atoms with Crippen molar-refractivity contribution < 1.29 is 13.6 Å². The van der Waals surface area contributed by atoms with E-state index in [1.54, 1.807) is 0 Å². The molecule has 7 nitrogen and oxygen atoms in total. The standard InChI is InChI=1S/C15H11F2N5O2S/c16-7-1-2-10(17)11(3-7)19-12(23)4-8-6-25-15-20-13-9(5-18-21-13)14(24)22(8)15/h1-3,5,8H,4,6H2,(H,18,21)(H,19,23). The van der Waals surface area contributed by atoms with Crippen LogP contribution in [0, 0.1) is 11.6 Å². The molecule has 3 heterocycles. The van der Waals surface area contributed by atoms with Crippen LogP contribution >= 0.6 is 11.8 Å². The van der Waals surface area contributed by atoms with E-state index in [1.165, 1.54) is 22.5 Å². The number of aromatic amines is 1. The van der Waals surface area contributed by atoms with E-state index in [0.29, 0.717) is 21.9 Å². The topological polar surface area (TPSA) is 92.7 Å². The Kier molecular flexibility index (Phi) is 3.75. The molecule has 0 bridgehead atoms. The van der Waals surface area contributed by atoms with E-state index in [9.17, 15) is 18.4 Å². The lowest BCUT2D eigenvalue weighted by Crippen LogP contribution is -2.27. The molecule has 0 saturated heterocycles. The van der Waals surface area contributed by atoms with E-state index in [-0.39, 0.29) is 17.7 Å². The van der Waals surface area contributed by atoms with Gasteiger partial charge in [-0.25, -0.2) is 13.8 Å². The predicted octanol–water partition coefficient (Wildman–Crippen LogP) is 2.07. The number of benzene rings is 1. The summed E-state index contributed by atoms with van der Waals surface area (Å²) in [6.07, 6.45) is 1.33. The number of H-pyrrole nitrogens is 1. The summed E-state index contributed by atoms with van der Waals surface area (Å²) in [7, 11) is 0. The van der Waals surface area contributed by atoms with Crippen LogP contribution in [0.2, 0.25) is 0 Å². The molecule has 0 fully saturated rings. The molecule has 0 saturated carbocycles. The average molecular weight is 363 g/mol. The van der Waals surface area contributed by atoms with Gasteiger partial charge in [0.15, 0.2) is 10.8 Å². The molecule has 25 heavy (non-hydrogen) atoms. The number of aromatic nitrogens is 4. The van der Waals surface area contributed by atoms with Crippen LogP contribution in [0.25, 0.3) is 11.0 Å². The van der Waals surface area contributed by atoms with Gasteiger partial charge in [0, 0.05) is 18.2 Å². The molecule has 2 aromatic heterocycles. The van der Waals surface area contributed by atoms with Crippen LogP contribution in [0.1, 0.15) is 12.5 Å². The number of thioether (sulfide) groups is 1. The first-order chi connectivity index (χ1) is 12.0. The summed E-state index contributed by atoms with van der Waals surface area (Å²) in [5, 5.41) is 9.62. The van der Waals surface area contributed by atoms with Gasteiger partial charge in [-0.1, -0.05) is 11.8 Å². The fourth-order valence-corrected chi connectivity index (χ4v) is 3.85. The Morgan fingerprint density at radius 1 is 1.44 bits per heavy atom. The molecular formula is C15H11F2N5O2S. The number of halogens is 2. The third kappa shape index (κ3) is 2.78. The molecule has 1 aromatic carbocycles. The highest BCUT2D eigenvalue weighted by molar-refractivity contribution is 7.99. The SMILES string of the molecule is O=C(CC1CSc2nc3[nH]ncc3c(=O)n21)Nc1cc(F)ccc1F. The molecule has 1 aliphatic rings. The lowest BCUT2D eigenvalue weighted by atomic mass is 10.2. The molecule has 0 aliphatic carbocycles. The fraction of sp³-hybridized carbons (Fsp3) is 0.200. The first-order valence-electron chi connectivity index (χ1n) is 7.36. The summed E-state index contributed by atoms with van der Waals surface area (Å²) in [4.78, 5) is 29.1. The minimum atomic E-state index is -0.727. The minimum absolute atomic E-state index is 0.0547. The number of rotatable bonds is 3. The number of amides is 1. The van der Waals surface area contributed by atoms with Gasteiger partial charge in [-0.3, -0.25) is 19.3 Å². The number of hydrogen-bond donors (Lipinski definition) is 2. The predicted molar refractivity (Wildman–Crippen MR) is 87.5 cm³/mol. The summed E-state index contributed by atoms with van der Waals surface area (Å²) >= 11 is 1.35. The molecular weight excluding hydrogens is 352 g/mol. The second kappa shape index (κ2) is 5.96. The zero-order valence-corrected chi connectivity index (χ0v) is 13.4. The van der Waals surface area contributed by atoms with Crippen molar-refractivity contribution in [2.45, 2.75) is 17.6 Å². The van der Waals surface area contributed by atoms with Crippen LogP contribution in [0.4, 0.5) is 14.5 Å². The molecule has 4 rings (SSSR count). The van der Waals surface area contributed by atoms with E-state index >= 15 is 0 Å². The Morgan fingerprint density at radius 2 is 2.28 bits per heavy atom. The quantitative estimate of drug-likeness (QED) is 0.695. The molecule has 0 radical (unpaired) electrons. The van der Waals surface area contributed by atoms with Crippen LogP contribution in [-0.2, 0) is 4.79 Å². The highest BCUT2D eigenvalue weighted by atomic mass is 32.2. The van der Waals surface area contributed by atoms with Gasteiger partial charge in [0.2, 0.25) is 5.91 Å². The molecule has 1 atom stereocenters. The Bertz CT molecular complexity index is 1050. The normalized spacial score (nSPS) is 16.2. The van der Waals surface area contributed by atoms with Crippen molar-refractivity contribution >= 4 is 34.4 Å². The van der Waals surface area contributed by atoms with Crippen molar-refractivity contribution in [1.29, 1.82) is 0 Å². The number of nitrogens with zero attached hydrogens (tertiary/aromatic N) is 3. The summed E-state index contributed by atoms with van der Waals surface area (Å²) in [5.74, 6) is -1.40. The molecule has 1 aliphatic heterocycles. The van der Waals surface area contributed by atoms with Crippen molar-refractivity contribution in [3.8, 4) is 0 Å². The van der Waals surface area contributed by atoms with Crippen molar-refractivity contribution in [2.24, 2.45) is 0 Å². The van der Waals surface area contributed by atoms with Crippen molar-refractivity contribution in [2.75, 3.05) is 11.1 Å². The van der Waals surface area contributed by atoms with Crippen LogP contribution in [0.15, 0.2) is 34.3 Å². The summed E-state index contributed by atoms with van der Waals surface area (Å²) in [6.45, 7) is 0. The van der Waals surface area contributed by atoms with E-state index in [2.05, 4.69) is 20.5 Å². The average Bonchev–Trinajstić information content (AvgIpc) is 3.19. The smallest absolute Gasteiger partial charge is 0.265 e. The summed E-state index contributed by atoms with van der Waals surface area (Å²) in [5.41, 5.74) is -0.115. The lowest BCUT2D eigenvalue weighted by Gasteiger charge is -2.13. The first kappa shape index (κ1) is 15.8. The fourth-order valence-electron chi connectivity index (χ4n) is 2.72. The van der Waals surface area contributed by atoms with Crippen molar-refractivity contribution in [1.82, 2.24) is 19.7 Å².